The van der Waals surface area contributed by atoms with Crippen LogP contribution in [0.2, 0.25) is 0 Å². The Morgan fingerprint density at radius 2 is 2.24 bits per heavy atom. The molecule has 3 nitrogen and oxygen atoms in total. The van der Waals surface area contributed by atoms with Crippen molar-refractivity contribution < 1.29 is 4.79 Å². The molecule has 4 rings (SSSR count). The SMILES string of the molecule is Cc1cccc2scc(CC3C(=O)N=C4C=CC=CN43)c12. The highest BCUT2D eigenvalue weighted by molar-refractivity contribution is 7.17. The summed E-state index contributed by atoms with van der Waals surface area (Å²) in [5, 5.41) is 3.46. The van der Waals surface area contributed by atoms with Crippen molar-refractivity contribution in [2.45, 2.75) is 19.4 Å². The predicted octanol–water partition coefficient (Wildman–Crippen LogP) is 3.45. The summed E-state index contributed by atoms with van der Waals surface area (Å²) in [6.07, 6.45) is 8.39. The van der Waals surface area contributed by atoms with Crippen molar-refractivity contribution in [3.8, 4) is 0 Å². The molecule has 1 aromatic heterocycles. The molecule has 0 radical (unpaired) electrons. The molecule has 2 aliphatic rings. The number of carbonyl (C=O) groups is 1. The first-order valence-electron chi connectivity index (χ1n) is 6.95. The molecule has 1 aromatic carbocycles. The Morgan fingerprint density at radius 1 is 1.33 bits per heavy atom. The van der Waals surface area contributed by atoms with Crippen molar-refractivity contribution in [1.29, 1.82) is 0 Å². The number of amides is 1. The number of benzene rings is 1. The summed E-state index contributed by atoms with van der Waals surface area (Å²) < 4.78 is 1.28. The first-order chi connectivity index (χ1) is 10.2. The van der Waals surface area contributed by atoms with Crippen LogP contribution < -0.4 is 0 Å². The number of amidine groups is 1. The van der Waals surface area contributed by atoms with Gasteiger partial charge in [0.1, 0.15) is 11.9 Å². The number of hydrogen-bond donors (Lipinski definition) is 0. The fourth-order valence-electron chi connectivity index (χ4n) is 3.00. The topological polar surface area (TPSA) is 32.7 Å². The molecule has 2 aliphatic heterocycles. The van der Waals surface area contributed by atoms with Gasteiger partial charge in [-0.2, -0.15) is 4.99 Å². The van der Waals surface area contributed by atoms with Gasteiger partial charge in [0.15, 0.2) is 0 Å². The molecule has 0 saturated heterocycles. The molecule has 0 fully saturated rings. The van der Waals surface area contributed by atoms with E-state index in [1.807, 2.05) is 29.3 Å². The number of fused-ring (bicyclic) bond motifs is 2. The van der Waals surface area contributed by atoms with Gasteiger partial charge >= 0.3 is 0 Å². The van der Waals surface area contributed by atoms with Crippen molar-refractivity contribution in [2.24, 2.45) is 4.99 Å². The number of hydrogen-bond acceptors (Lipinski definition) is 3. The zero-order chi connectivity index (χ0) is 14.4. The van der Waals surface area contributed by atoms with Gasteiger partial charge in [0.25, 0.3) is 5.91 Å². The molecule has 1 atom stereocenters. The first kappa shape index (κ1) is 12.5. The Bertz CT molecular complexity index is 828. The van der Waals surface area contributed by atoms with Gasteiger partial charge in [-0.25, -0.2) is 0 Å². The highest BCUT2D eigenvalue weighted by Crippen LogP contribution is 2.31. The lowest BCUT2D eigenvalue weighted by Gasteiger charge is -2.23. The predicted molar refractivity (Wildman–Crippen MR) is 86.6 cm³/mol. The van der Waals surface area contributed by atoms with E-state index in [9.17, 15) is 4.79 Å². The minimum atomic E-state index is -0.210. The lowest BCUT2D eigenvalue weighted by molar-refractivity contribution is -0.119. The van der Waals surface area contributed by atoms with Gasteiger partial charge in [-0.05, 0) is 47.0 Å². The van der Waals surface area contributed by atoms with Gasteiger partial charge in [-0.3, -0.25) is 4.79 Å². The van der Waals surface area contributed by atoms with Gasteiger partial charge < -0.3 is 4.90 Å². The van der Waals surface area contributed by atoms with Crippen molar-refractivity contribution in [1.82, 2.24) is 4.90 Å². The first-order valence-corrected chi connectivity index (χ1v) is 7.83. The van der Waals surface area contributed by atoms with Gasteiger partial charge in [0.05, 0.1) is 0 Å². The van der Waals surface area contributed by atoms with Crippen molar-refractivity contribution >= 4 is 33.2 Å². The third kappa shape index (κ3) is 1.94. The molecular formula is C17H14N2OS. The number of nitrogens with zero attached hydrogens (tertiary/aromatic N) is 2. The van der Waals surface area contributed by atoms with Crippen molar-refractivity contribution in [3.63, 3.8) is 0 Å². The maximum atomic E-state index is 12.2. The molecule has 0 bridgehead atoms. The standard InChI is InChI=1S/C17H14N2OS/c1-11-5-4-6-14-16(11)12(10-21-14)9-13-17(20)18-15-7-2-3-8-19(13)15/h2-8,10,13H,9H2,1H3. The second-order valence-electron chi connectivity index (χ2n) is 5.35. The number of thiophene rings is 1. The highest BCUT2D eigenvalue weighted by Gasteiger charge is 2.33. The fourth-order valence-corrected chi connectivity index (χ4v) is 4.05. The van der Waals surface area contributed by atoms with Crippen LogP contribution in [-0.4, -0.2) is 22.7 Å². The number of carbonyl (C=O) groups excluding carboxylic acids is 1. The van der Waals surface area contributed by atoms with Crippen LogP contribution in [0.3, 0.4) is 0 Å². The zero-order valence-corrected chi connectivity index (χ0v) is 12.4. The van der Waals surface area contributed by atoms with E-state index in [0.29, 0.717) is 6.42 Å². The summed E-state index contributed by atoms with van der Waals surface area (Å²) in [7, 11) is 0. The Morgan fingerprint density at radius 3 is 3.14 bits per heavy atom. The molecule has 0 N–H and O–H groups in total. The van der Waals surface area contributed by atoms with E-state index >= 15 is 0 Å². The van der Waals surface area contributed by atoms with Crippen LogP contribution >= 0.6 is 11.3 Å². The molecule has 4 heteroatoms. The van der Waals surface area contributed by atoms with Gasteiger partial charge in [-0.15, -0.1) is 11.3 Å². The van der Waals surface area contributed by atoms with Crippen molar-refractivity contribution in [2.75, 3.05) is 0 Å². The van der Waals surface area contributed by atoms with E-state index in [1.165, 1.54) is 21.2 Å². The Kier molecular flexibility index (Phi) is 2.79. The summed E-state index contributed by atoms with van der Waals surface area (Å²) in [5.41, 5.74) is 2.51. The Hall–Kier alpha value is -2.20. The molecule has 3 heterocycles. The molecule has 0 saturated carbocycles. The summed E-state index contributed by atoms with van der Waals surface area (Å²) in [6, 6.07) is 6.13. The van der Waals surface area contributed by atoms with Gasteiger partial charge in [0, 0.05) is 17.3 Å². The molecule has 1 amide bonds. The molecule has 0 aliphatic carbocycles. The summed E-state index contributed by atoms with van der Waals surface area (Å²) in [6.45, 7) is 2.13. The fraction of sp³-hybridized carbons (Fsp3) is 0.176. The van der Waals surface area contributed by atoms with Crippen LogP contribution in [0.5, 0.6) is 0 Å². The van der Waals surface area contributed by atoms with Crippen LogP contribution in [0.4, 0.5) is 0 Å². The molecule has 21 heavy (non-hydrogen) atoms. The van der Waals surface area contributed by atoms with Crippen LogP contribution in [0.25, 0.3) is 10.1 Å². The third-order valence-corrected chi connectivity index (χ3v) is 5.01. The minimum absolute atomic E-state index is 0.0471. The molecular weight excluding hydrogens is 280 g/mol. The monoisotopic (exact) mass is 294 g/mol. The average molecular weight is 294 g/mol. The van der Waals surface area contributed by atoms with Crippen LogP contribution in [0, 0.1) is 6.92 Å². The molecule has 1 unspecified atom stereocenters. The summed E-state index contributed by atoms with van der Waals surface area (Å²) in [4.78, 5) is 18.3. The van der Waals surface area contributed by atoms with Crippen LogP contribution in [0.1, 0.15) is 11.1 Å². The largest absolute Gasteiger partial charge is 0.320 e. The van der Waals surface area contributed by atoms with E-state index in [1.54, 1.807) is 11.3 Å². The van der Waals surface area contributed by atoms with E-state index in [-0.39, 0.29) is 11.9 Å². The molecule has 0 spiro atoms. The normalized spacial score (nSPS) is 20.2. The maximum Gasteiger partial charge on any atom is 0.271 e. The quantitative estimate of drug-likeness (QED) is 0.850. The van der Waals surface area contributed by atoms with E-state index < -0.39 is 0 Å². The molecule has 2 aromatic rings. The second-order valence-corrected chi connectivity index (χ2v) is 6.26. The van der Waals surface area contributed by atoms with E-state index in [2.05, 4.69) is 35.5 Å². The van der Waals surface area contributed by atoms with Gasteiger partial charge in [0.2, 0.25) is 0 Å². The third-order valence-electron chi connectivity index (χ3n) is 4.01. The summed E-state index contributed by atoms with van der Waals surface area (Å²) in [5.74, 6) is 0.706. The Balaban J connectivity index is 1.71. The van der Waals surface area contributed by atoms with Crippen LogP contribution in [-0.2, 0) is 11.2 Å². The lowest BCUT2D eigenvalue weighted by atomic mass is 10.0. The minimum Gasteiger partial charge on any atom is -0.320 e. The maximum absolute atomic E-state index is 12.2. The second kappa shape index (κ2) is 4.67. The smallest absolute Gasteiger partial charge is 0.271 e. The van der Waals surface area contributed by atoms with E-state index in [0.717, 1.165) is 5.84 Å². The van der Waals surface area contributed by atoms with Crippen molar-refractivity contribution in [3.05, 3.63) is 59.1 Å². The van der Waals surface area contributed by atoms with Crippen LogP contribution in [0.15, 0.2) is 53.0 Å². The highest BCUT2D eigenvalue weighted by atomic mass is 32.1. The number of allylic oxidation sites excluding steroid dienone is 2. The Labute approximate surface area is 126 Å². The lowest BCUT2D eigenvalue weighted by Crippen LogP contribution is -2.35. The number of aryl methyl sites for hydroxylation is 1. The van der Waals surface area contributed by atoms with E-state index in [4.69, 9.17) is 0 Å². The zero-order valence-electron chi connectivity index (χ0n) is 11.6. The number of rotatable bonds is 2. The van der Waals surface area contributed by atoms with Gasteiger partial charge in [-0.1, -0.05) is 18.2 Å². The molecule has 104 valence electrons. The average Bonchev–Trinajstić information content (AvgIpc) is 3.03. The summed E-state index contributed by atoms with van der Waals surface area (Å²) >= 11 is 1.74. The number of aliphatic imine (C=N–C) groups is 1.